The molecule has 0 aromatic carbocycles. The molecule has 0 saturated carbocycles. The van der Waals surface area contributed by atoms with E-state index >= 15 is 0 Å². The van der Waals surface area contributed by atoms with Crippen LogP contribution in [0, 0.1) is 0 Å². The Bertz CT molecular complexity index is 468. The third-order valence-corrected chi connectivity index (χ3v) is 3.53. The van der Waals surface area contributed by atoms with Gasteiger partial charge in [0.25, 0.3) is 5.91 Å². The molecular weight excluding hydrogens is 292 g/mol. The van der Waals surface area contributed by atoms with Crippen LogP contribution in [0.3, 0.4) is 0 Å². The third-order valence-electron chi connectivity index (χ3n) is 1.91. The summed E-state index contributed by atoms with van der Waals surface area (Å²) in [6.07, 6.45) is 2.10. The highest BCUT2D eigenvalue weighted by molar-refractivity contribution is 9.11. The van der Waals surface area contributed by atoms with Gasteiger partial charge in [-0.05, 0) is 28.1 Å². The van der Waals surface area contributed by atoms with Crippen molar-refractivity contribution >= 4 is 33.2 Å². The van der Waals surface area contributed by atoms with Crippen molar-refractivity contribution in [3.63, 3.8) is 0 Å². The van der Waals surface area contributed by atoms with E-state index in [1.807, 2.05) is 6.07 Å². The summed E-state index contributed by atoms with van der Waals surface area (Å²) in [6.45, 7) is 0.545. The number of nitrogens with zero attached hydrogens (tertiary/aromatic N) is 2. The smallest absolute Gasteiger partial charge is 0.261 e. The first-order chi connectivity index (χ1) is 7.75. The Labute approximate surface area is 104 Å². The molecule has 0 bridgehead atoms. The van der Waals surface area contributed by atoms with E-state index in [1.54, 1.807) is 6.07 Å². The standard InChI is InChI=1S/C9H9BrN4OS/c10-7-2-1-6(16-7)9(15)11-4-3-8-12-5-13-14-8/h1-2,5H,3-4H2,(H,11,15)(H,12,13,14). The summed E-state index contributed by atoms with van der Waals surface area (Å²) in [7, 11) is 0. The van der Waals surface area contributed by atoms with Gasteiger partial charge in [-0.25, -0.2) is 4.98 Å². The first-order valence-corrected chi connectivity index (χ1v) is 6.24. The highest BCUT2D eigenvalue weighted by atomic mass is 79.9. The van der Waals surface area contributed by atoms with Crippen molar-refractivity contribution in [1.29, 1.82) is 0 Å². The minimum atomic E-state index is -0.0600. The van der Waals surface area contributed by atoms with Crippen LogP contribution in [0.25, 0.3) is 0 Å². The second-order valence-electron chi connectivity index (χ2n) is 3.04. The van der Waals surface area contributed by atoms with Gasteiger partial charge in [0, 0.05) is 13.0 Å². The Morgan fingerprint density at radius 1 is 1.56 bits per heavy atom. The van der Waals surface area contributed by atoms with Crippen molar-refractivity contribution < 1.29 is 4.79 Å². The number of H-pyrrole nitrogens is 1. The zero-order valence-electron chi connectivity index (χ0n) is 8.24. The van der Waals surface area contributed by atoms with Gasteiger partial charge < -0.3 is 5.32 Å². The largest absolute Gasteiger partial charge is 0.351 e. The topological polar surface area (TPSA) is 70.7 Å². The molecule has 0 aliphatic heterocycles. The molecule has 0 aliphatic rings. The van der Waals surface area contributed by atoms with Gasteiger partial charge in [0.1, 0.15) is 12.2 Å². The quantitative estimate of drug-likeness (QED) is 0.901. The van der Waals surface area contributed by atoms with Crippen LogP contribution >= 0.6 is 27.3 Å². The molecule has 84 valence electrons. The zero-order chi connectivity index (χ0) is 11.4. The lowest BCUT2D eigenvalue weighted by Gasteiger charge is -2.00. The molecule has 1 amide bonds. The maximum atomic E-state index is 11.6. The molecule has 0 unspecified atom stereocenters. The molecule has 2 heterocycles. The van der Waals surface area contributed by atoms with Crippen LogP contribution in [0.2, 0.25) is 0 Å². The van der Waals surface area contributed by atoms with Crippen molar-refractivity contribution in [3.8, 4) is 0 Å². The summed E-state index contributed by atoms with van der Waals surface area (Å²) < 4.78 is 0.952. The predicted molar refractivity (Wildman–Crippen MR) is 64.4 cm³/mol. The molecule has 0 fully saturated rings. The van der Waals surface area contributed by atoms with E-state index in [1.165, 1.54) is 17.7 Å². The van der Waals surface area contributed by atoms with Gasteiger partial charge in [-0.1, -0.05) is 0 Å². The number of carbonyl (C=O) groups is 1. The number of hydrogen-bond donors (Lipinski definition) is 2. The maximum Gasteiger partial charge on any atom is 0.261 e. The molecule has 2 rings (SSSR count). The normalized spacial score (nSPS) is 10.3. The number of thiophene rings is 1. The van der Waals surface area contributed by atoms with Crippen molar-refractivity contribution in [3.05, 3.63) is 32.9 Å². The lowest BCUT2D eigenvalue weighted by molar-refractivity contribution is 0.0958. The van der Waals surface area contributed by atoms with Crippen LogP contribution in [0.1, 0.15) is 15.5 Å². The number of aromatic nitrogens is 3. The number of amides is 1. The van der Waals surface area contributed by atoms with Gasteiger partial charge in [0.2, 0.25) is 0 Å². The molecular formula is C9H9BrN4OS. The lowest BCUT2D eigenvalue weighted by Crippen LogP contribution is -2.25. The van der Waals surface area contributed by atoms with E-state index < -0.39 is 0 Å². The number of carbonyl (C=O) groups excluding carboxylic acids is 1. The number of nitrogens with one attached hydrogen (secondary N) is 2. The molecule has 2 N–H and O–H groups in total. The van der Waals surface area contributed by atoms with Gasteiger partial charge in [-0.2, -0.15) is 5.10 Å². The highest BCUT2D eigenvalue weighted by Crippen LogP contribution is 2.21. The Kier molecular flexibility index (Phi) is 3.68. The van der Waals surface area contributed by atoms with E-state index in [4.69, 9.17) is 0 Å². The maximum absolute atomic E-state index is 11.6. The third kappa shape index (κ3) is 2.89. The monoisotopic (exact) mass is 300 g/mol. The average Bonchev–Trinajstić information content (AvgIpc) is 2.89. The van der Waals surface area contributed by atoms with Crippen LogP contribution < -0.4 is 5.32 Å². The van der Waals surface area contributed by atoms with Crippen molar-refractivity contribution in [2.24, 2.45) is 0 Å². The van der Waals surface area contributed by atoms with Gasteiger partial charge in [-0.3, -0.25) is 9.89 Å². The van der Waals surface area contributed by atoms with E-state index in [2.05, 4.69) is 36.4 Å². The number of halogens is 1. The van der Waals surface area contributed by atoms with Gasteiger partial charge in [-0.15, -0.1) is 11.3 Å². The molecule has 16 heavy (non-hydrogen) atoms. The second-order valence-corrected chi connectivity index (χ2v) is 5.50. The molecule has 5 nitrogen and oxygen atoms in total. The summed E-state index contributed by atoms with van der Waals surface area (Å²) >= 11 is 4.73. The van der Waals surface area contributed by atoms with Gasteiger partial charge in [0.05, 0.1) is 8.66 Å². The molecule has 0 radical (unpaired) electrons. The van der Waals surface area contributed by atoms with Crippen molar-refractivity contribution in [1.82, 2.24) is 20.5 Å². The predicted octanol–water partition coefficient (Wildman–Crippen LogP) is 1.60. The number of aromatic amines is 1. The molecule has 2 aromatic heterocycles. The molecule has 7 heteroatoms. The Morgan fingerprint density at radius 3 is 3.06 bits per heavy atom. The first kappa shape index (κ1) is 11.3. The van der Waals surface area contributed by atoms with Crippen LogP contribution in [0.15, 0.2) is 22.2 Å². The van der Waals surface area contributed by atoms with Crippen molar-refractivity contribution in [2.45, 2.75) is 6.42 Å². The Hall–Kier alpha value is -1.21. The van der Waals surface area contributed by atoms with Crippen LogP contribution in [-0.2, 0) is 6.42 Å². The SMILES string of the molecule is O=C(NCCc1ncn[nH]1)c1ccc(Br)s1. The summed E-state index contributed by atoms with van der Waals surface area (Å²) in [5.41, 5.74) is 0. The molecule has 0 saturated heterocycles. The Morgan fingerprint density at radius 2 is 2.44 bits per heavy atom. The second kappa shape index (κ2) is 5.22. The summed E-state index contributed by atoms with van der Waals surface area (Å²) in [5.74, 6) is 0.711. The zero-order valence-corrected chi connectivity index (χ0v) is 10.6. The van der Waals surface area contributed by atoms with E-state index in [0.29, 0.717) is 17.8 Å². The first-order valence-electron chi connectivity index (χ1n) is 4.63. The van der Waals surface area contributed by atoms with Gasteiger partial charge in [0.15, 0.2) is 0 Å². The fourth-order valence-corrected chi connectivity index (χ4v) is 2.47. The highest BCUT2D eigenvalue weighted by Gasteiger charge is 2.07. The minimum absolute atomic E-state index is 0.0600. The fraction of sp³-hybridized carbons (Fsp3) is 0.222. The van der Waals surface area contributed by atoms with E-state index in [0.717, 1.165) is 9.61 Å². The number of hydrogen-bond acceptors (Lipinski definition) is 4. The molecule has 2 aromatic rings. The Balaban J connectivity index is 1.80. The van der Waals surface area contributed by atoms with Crippen molar-refractivity contribution in [2.75, 3.05) is 6.54 Å². The average molecular weight is 301 g/mol. The summed E-state index contributed by atoms with van der Waals surface area (Å²) in [4.78, 5) is 16.3. The van der Waals surface area contributed by atoms with Crippen LogP contribution in [0.5, 0.6) is 0 Å². The molecule has 0 aliphatic carbocycles. The van der Waals surface area contributed by atoms with E-state index in [9.17, 15) is 4.79 Å². The lowest BCUT2D eigenvalue weighted by atomic mass is 10.4. The summed E-state index contributed by atoms with van der Waals surface area (Å²) in [5, 5.41) is 9.28. The summed E-state index contributed by atoms with van der Waals surface area (Å²) in [6, 6.07) is 3.65. The van der Waals surface area contributed by atoms with Gasteiger partial charge >= 0.3 is 0 Å². The fourth-order valence-electron chi connectivity index (χ4n) is 1.17. The molecule has 0 atom stereocenters. The molecule has 0 spiro atoms. The van der Waals surface area contributed by atoms with Crippen LogP contribution in [0.4, 0.5) is 0 Å². The van der Waals surface area contributed by atoms with Crippen LogP contribution in [-0.4, -0.2) is 27.6 Å². The van der Waals surface area contributed by atoms with E-state index in [-0.39, 0.29) is 5.91 Å². The number of rotatable bonds is 4. The minimum Gasteiger partial charge on any atom is -0.351 e.